The fourth-order valence-electron chi connectivity index (χ4n) is 0.930. The van der Waals surface area contributed by atoms with Crippen LogP contribution in [0.15, 0.2) is 0 Å². The van der Waals surface area contributed by atoms with Crippen LogP contribution in [0.2, 0.25) is 0 Å². The van der Waals surface area contributed by atoms with Gasteiger partial charge in [0.15, 0.2) is 0 Å². The number of nitrogens with one attached hydrogen (secondary N) is 1. The average Bonchev–Trinajstić information content (AvgIpc) is 2.80. The van der Waals surface area contributed by atoms with E-state index in [1.54, 1.807) is 0 Å². The molecule has 1 aliphatic rings. The van der Waals surface area contributed by atoms with Gasteiger partial charge in [-0.1, -0.05) is 22.6 Å². The molecule has 0 amide bonds. The molecule has 1 fully saturated rings. The van der Waals surface area contributed by atoms with Crippen LogP contribution in [0.5, 0.6) is 0 Å². The summed E-state index contributed by atoms with van der Waals surface area (Å²) >= 11 is 2.30. The first-order valence-electron chi connectivity index (χ1n) is 4.21. The molecule has 1 rings (SSSR count). The molecule has 0 saturated heterocycles. The lowest BCUT2D eigenvalue weighted by Crippen LogP contribution is -2.28. The fraction of sp³-hybridized carbons (Fsp3) is 1.00. The molecule has 1 N–H and O–H groups in total. The van der Waals surface area contributed by atoms with Crippen LogP contribution in [0.25, 0.3) is 0 Å². The minimum Gasteiger partial charge on any atom is -0.215 e. The van der Waals surface area contributed by atoms with E-state index in [0.29, 0.717) is 6.54 Å². The minimum atomic E-state index is -2.92. The third-order valence-corrected chi connectivity index (χ3v) is 4.55. The van der Waals surface area contributed by atoms with Crippen LogP contribution in [0.3, 0.4) is 0 Å². The Morgan fingerprint density at radius 2 is 2.00 bits per heavy atom. The normalized spacial score (nSPS) is 18.1. The molecule has 3 nitrogen and oxygen atoms in total. The number of alkyl halides is 1. The zero-order chi connectivity index (χ0) is 9.03. The number of sulfonamides is 1. The van der Waals surface area contributed by atoms with Crippen molar-refractivity contribution < 1.29 is 8.42 Å². The van der Waals surface area contributed by atoms with Crippen molar-refractivity contribution in [1.29, 1.82) is 0 Å². The number of unbranched alkanes of at least 4 members (excludes halogenated alkanes) is 1. The van der Waals surface area contributed by atoms with Crippen LogP contribution in [0, 0.1) is 0 Å². The van der Waals surface area contributed by atoms with Crippen LogP contribution in [-0.2, 0) is 10.0 Å². The van der Waals surface area contributed by atoms with Gasteiger partial charge in [-0.3, -0.25) is 0 Å². The van der Waals surface area contributed by atoms with Crippen LogP contribution in [0.1, 0.15) is 25.7 Å². The van der Waals surface area contributed by atoms with Crippen LogP contribution >= 0.6 is 22.6 Å². The van der Waals surface area contributed by atoms with Gasteiger partial charge in [-0.2, -0.15) is 0 Å². The summed E-state index contributed by atoms with van der Waals surface area (Å²) in [6.07, 6.45) is 3.74. The molecular formula is C7H14INO2S. The Morgan fingerprint density at radius 3 is 2.50 bits per heavy atom. The molecule has 0 aromatic heterocycles. The highest BCUT2D eigenvalue weighted by Crippen LogP contribution is 2.27. The number of rotatable bonds is 6. The van der Waals surface area contributed by atoms with Gasteiger partial charge in [0, 0.05) is 6.54 Å². The van der Waals surface area contributed by atoms with E-state index in [0.717, 1.165) is 30.1 Å². The van der Waals surface area contributed by atoms with E-state index >= 15 is 0 Å². The second-order valence-electron chi connectivity index (χ2n) is 3.03. The van der Waals surface area contributed by atoms with Crippen LogP contribution in [-0.4, -0.2) is 24.6 Å². The zero-order valence-electron chi connectivity index (χ0n) is 6.92. The number of hydrogen-bond acceptors (Lipinski definition) is 2. The highest BCUT2D eigenvalue weighted by Gasteiger charge is 2.34. The Balaban J connectivity index is 2.13. The maximum absolute atomic E-state index is 11.2. The maximum Gasteiger partial charge on any atom is 0.214 e. The third-order valence-electron chi connectivity index (χ3n) is 1.83. The molecule has 72 valence electrons. The van der Waals surface area contributed by atoms with Gasteiger partial charge in [0.1, 0.15) is 0 Å². The minimum absolute atomic E-state index is 0.0721. The van der Waals surface area contributed by atoms with Gasteiger partial charge < -0.3 is 0 Å². The summed E-state index contributed by atoms with van der Waals surface area (Å²) in [5.41, 5.74) is 0. The van der Waals surface area contributed by atoms with Gasteiger partial charge in [0.25, 0.3) is 0 Å². The quantitative estimate of drug-likeness (QED) is 0.456. The van der Waals surface area contributed by atoms with Crippen molar-refractivity contribution in [2.45, 2.75) is 30.9 Å². The van der Waals surface area contributed by atoms with Gasteiger partial charge in [0.05, 0.1) is 5.25 Å². The molecule has 5 heteroatoms. The van der Waals surface area contributed by atoms with Crippen LogP contribution < -0.4 is 4.72 Å². The predicted molar refractivity (Wildman–Crippen MR) is 58.1 cm³/mol. The van der Waals surface area contributed by atoms with Gasteiger partial charge >= 0.3 is 0 Å². The topological polar surface area (TPSA) is 46.2 Å². The molecule has 0 aromatic rings. The second kappa shape index (κ2) is 4.76. The summed E-state index contributed by atoms with van der Waals surface area (Å²) in [6.45, 7) is 0.613. The second-order valence-corrected chi connectivity index (χ2v) is 6.16. The lowest BCUT2D eigenvalue weighted by atomic mass is 10.3. The summed E-state index contributed by atoms with van der Waals surface area (Å²) in [6, 6.07) is 0. The Hall–Kier alpha value is 0.640. The van der Waals surface area contributed by atoms with Crippen molar-refractivity contribution in [2.75, 3.05) is 11.0 Å². The standard InChI is InChI=1S/C7H14INO2S/c8-5-1-2-6-9-12(10,11)7-3-4-7/h7,9H,1-6H2. The van der Waals surface area contributed by atoms with Crippen molar-refractivity contribution in [3.63, 3.8) is 0 Å². The summed E-state index contributed by atoms with van der Waals surface area (Å²) < 4.78 is 26.2. The van der Waals surface area contributed by atoms with Crippen molar-refractivity contribution >= 4 is 32.6 Å². The molecule has 0 unspecified atom stereocenters. The highest BCUT2D eigenvalue weighted by atomic mass is 127. The molecule has 1 saturated carbocycles. The first-order chi connectivity index (χ1) is 5.67. The van der Waals surface area contributed by atoms with E-state index in [4.69, 9.17) is 0 Å². The summed E-state index contributed by atoms with van der Waals surface area (Å²) in [7, 11) is -2.92. The Bertz CT molecular complexity index is 224. The van der Waals surface area contributed by atoms with E-state index in [1.165, 1.54) is 0 Å². The Kier molecular flexibility index (Phi) is 4.25. The molecule has 0 radical (unpaired) electrons. The average molecular weight is 303 g/mol. The van der Waals surface area contributed by atoms with Crippen molar-refractivity contribution in [3.05, 3.63) is 0 Å². The van der Waals surface area contributed by atoms with Crippen molar-refractivity contribution in [1.82, 2.24) is 4.72 Å². The van der Waals surface area contributed by atoms with Crippen molar-refractivity contribution in [3.8, 4) is 0 Å². The molecule has 0 spiro atoms. The first-order valence-corrected chi connectivity index (χ1v) is 7.28. The Morgan fingerprint density at radius 1 is 1.33 bits per heavy atom. The zero-order valence-corrected chi connectivity index (χ0v) is 9.90. The Labute approximate surface area is 87.5 Å². The van der Waals surface area contributed by atoms with E-state index in [1.807, 2.05) is 0 Å². The predicted octanol–water partition coefficient (Wildman–Crippen LogP) is 1.28. The molecule has 0 aromatic carbocycles. The first kappa shape index (κ1) is 10.7. The smallest absolute Gasteiger partial charge is 0.214 e. The van der Waals surface area contributed by atoms with Crippen molar-refractivity contribution in [2.24, 2.45) is 0 Å². The molecular weight excluding hydrogens is 289 g/mol. The van der Waals surface area contributed by atoms with Gasteiger partial charge in [-0.15, -0.1) is 0 Å². The third kappa shape index (κ3) is 3.57. The molecule has 12 heavy (non-hydrogen) atoms. The molecule has 1 aliphatic carbocycles. The van der Waals surface area contributed by atoms with E-state index < -0.39 is 10.0 Å². The SMILES string of the molecule is O=S(=O)(NCCCCI)C1CC1. The highest BCUT2D eigenvalue weighted by molar-refractivity contribution is 14.1. The largest absolute Gasteiger partial charge is 0.215 e. The summed E-state index contributed by atoms with van der Waals surface area (Å²) in [5.74, 6) is 0. The van der Waals surface area contributed by atoms with E-state index in [2.05, 4.69) is 27.3 Å². The van der Waals surface area contributed by atoms with E-state index in [-0.39, 0.29) is 5.25 Å². The molecule has 0 aliphatic heterocycles. The summed E-state index contributed by atoms with van der Waals surface area (Å²) in [5, 5.41) is -0.0721. The van der Waals surface area contributed by atoms with Gasteiger partial charge in [-0.05, 0) is 30.1 Å². The van der Waals surface area contributed by atoms with Gasteiger partial charge in [0.2, 0.25) is 10.0 Å². The number of hydrogen-bond donors (Lipinski definition) is 1. The fourth-order valence-corrected chi connectivity index (χ4v) is 2.89. The lowest BCUT2D eigenvalue weighted by molar-refractivity contribution is 0.577. The lowest BCUT2D eigenvalue weighted by Gasteiger charge is -2.03. The van der Waals surface area contributed by atoms with E-state index in [9.17, 15) is 8.42 Å². The van der Waals surface area contributed by atoms with Crippen LogP contribution in [0.4, 0.5) is 0 Å². The molecule has 0 heterocycles. The number of halogens is 1. The maximum atomic E-state index is 11.2. The molecule has 0 atom stereocenters. The molecule has 0 bridgehead atoms. The summed E-state index contributed by atoms with van der Waals surface area (Å²) in [4.78, 5) is 0. The monoisotopic (exact) mass is 303 g/mol. The van der Waals surface area contributed by atoms with Gasteiger partial charge in [-0.25, -0.2) is 13.1 Å².